The van der Waals surface area contributed by atoms with Crippen molar-refractivity contribution in [2.45, 2.75) is 31.9 Å². The molecule has 2 aliphatic heterocycles. The van der Waals surface area contributed by atoms with Crippen LogP contribution in [0.25, 0.3) is 17.1 Å². The number of aliphatic hydroxyl groups excluding tert-OH is 1. The fraction of sp³-hybridized carbons (Fsp3) is 0.476. The summed E-state index contributed by atoms with van der Waals surface area (Å²) in [6.45, 7) is 3.13. The number of Topliss-reactive ketones (excluding diaryl/α,β-unsaturated/α-hetero) is 1. The quantitative estimate of drug-likeness (QED) is 0.520. The standard InChI is InChI=1S/C21H25N3O5/c1-2-21(24-8-5-13(12-25)6-9-24)17(20(27)28)18(26)16(29-21)10-14-11-23-19-15(14)4-3-7-22-19/h3-4,7,10-11,13,17,25H,2,5-6,8-9,12H2,1H3,(H,22,23)(H,27,28). The van der Waals surface area contributed by atoms with Gasteiger partial charge in [0.05, 0.1) is 0 Å². The lowest BCUT2D eigenvalue weighted by molar-refractivity contribution is -0.173. The van der Waals surface area contributed by atoms with Crippen molar-refractivity contribution < 1.29 is 24.5 Å². The number of piperidine rings is 1. The van der Waals surface area contributed by atoms with E-state index in [0.29, 0.717) is 25.2 Å². The highest BCUT2D eigenvalue weighted by atomic mass is 16.5. The van der Waals surface area contributed by atoms with E-state index in [1.165, 1.54) is 0 Å². The van der Waals surface area contributed by atoms with E-state index in [1.807, 2.05) is 17.9 Å². The molecule has 0 saturated carbocycles. The minimum absolute atomic E-state index is 0.0632. The Morgan fingerprint density at radius 3 is 2.86 bits per heavy atom. The molecule has 2 saturated heterocycles. The molecule has 29 heavy (non-hydrogen) atoms. The van der Waals surface area contributed by atoms with Crippen LogP contribution in [0.5, 0.6) is 0 Å². The topological polar surface area (TPSA) is 116 Å². The predicted molar refractivity (Wildman–Crippen MR) is 106 cm³/mol. The first-order valence-electron chi connectivity index (χ1n) is 9.96. The fourth-order valence-electron chi connectivity index (χ4n) is 4.53. The number of aliphatic hydroxyl groups is 1. The number of rotatable bonds is 5. The van der Waals surface area contributed by atoms with Crippen LogP contribution in [0, 0.1) is 11.8 Å². The number of nitrogens with zero attached hydrogens (tertiary/aromatic N) is 2. The van der Waals surface area contributed by atoms with Crippen LogP contribution in [-0.2, 0) is 14.3 Å². The van der Waals surface area contributed by atoms with Crippen molar-refractivity contribution in [3.8, 4) is 0 Å². The second-order valence-electron chi connectivity index (χ2n) is 7.70. The fourth-order valence-corrected chi connectivity index (χ4v) is 4.53. The molecular weight excluding hydrogens is 374 g/mol. The first-order valence-corrected chi connectivity index (χ1v) is 9.96. The molecule has 2 unspecified atom stereocenters. The number of aromatic nitrogens is 2. The van der Waals surface area contributed by atoms with E-state index < -0.39 is 23.4 Å². The smallest absolute Gasteiger partial charge is 0.320 e. The van der Waals surface area contributed by atoms with Crippen molar-refractivity contribution in [3.05, 3.63) is 35.8 Å². The van der Waals surface area contributed by atoms with Crippen molar-refractivity contribution in [2.75, 3.05) is 19.7 Å². The van der Waals surface area contributed by atoms with E-state index in [9.17, 15) is 19.8 Å². The van der Waals surface area contributed by atoms with Gasteiger partial charge in [0, 0.05) is 43.0 Å². The summed E-state index contributed by atoms with van der Waals surface area (Å²) in [7, 11) is 0. The molecule has 2 aromatic rings. The molecule has 2 aromatic heterocycles. The Labute approximate surface area is 168 Å². The molecule has 8 nitrogen and oxygen atoms in total. The number of allylic oxidation sites excluding steroid dienone is 1. The Balaban J connectivity index is 1.71. The van der Waals surface area contributed by atoms with E-state index in [1.54, 1.807) is 24.5 Å². The number of ketones is 1. The average Bonchev–Trinajstić information content (AvgIpc) is 3.28. The highest BCUT2D eigenvalue weighted by Gasteiger charge is 2.59. The lowest BCUT2D eigenvalue weighted by Crippen LogP contribution is -2.57. The molecule has 8 heteroatoms. The summed E-state index contributed by atoms with van der Waals surface area (Å²) in [4.78, 5) is 34.4. The summed E-state index contributed by atoms with van der Waals surface area (Å²) in [6.07, 6.45) is 6.87. The molecule has 0 amide bonds. The maximum Gasteiger partial charge on any atom is 0.320 e. The van der Waals surface area contributed by atoms with Gasteiger partial charge in [0.15, 0.2) is 17.4 Å². The van der Waals surface area contributed by atoms with Crippen molar-refractivity contribution in [1.82, 2.24) is 14.9 Å². The summed E-state index contributed by atoms with van der Waals surface area (Å²) in [5.41, 5.74) is 0.207. The zero-order valence-corrected chi connectivity index (χ0v) is 16.3. The molecule has 154 valence electrons. The minimum atomic E-state index is -1.28. The Kier molecular flexibility index (Phi) is 5.14. The number of carboxylic acid groups (broad SMARTS) is 1. The molecule has 0 radical (unpaired) electrons. The van der Waals surface area contributed by atoms with Gasteiger partial charge in [-0.2, -0.15) is 0 Å². The molecule has 0 aromatic carbocycles. The van der Waals surface area contributed by atoms with Crippen molar-refractivity contribution >= 4 is 28.9 Å². The maximum absolute atomic E-state index is 13.1. The number of carbonyl (C=O) groups excluding carboxylic acids is 1. The number of carbonyl (C=O) groups is 2. The van der Waals surface area contributed by atoms with Gasteiger partial charge in [0.2, 0.25) is 5.78 Å². The van der Waals surface area contributed by atoms with Gasteiger partial charge in [-0.25, -0.2) is 4.98 Å². The first-order chi connectivity index (χ1) is 14.0. The Morgan fingerprint density at radius 2 is 2.21 bits per heavy atom. The maximum atomic E-state index is 13.1. The van der Waals surface area contributed by atoms with Gasteiger partial charge in [0.25, 0.3) is 0 Å². The zero-order valence-electron chi connectivity index (χ0n) is 16.3. The summed E-state index contributed by atoms with van der Waals surface area (Å²) in [5.74, 6) is -2.71. The van der Waals surface area contributed by atoms with Gasteiger partial charge in [-0.1, -0.05) is 6.92 Å². The van der Waals surface area contributed by atoms with Gasteiger partial charge in [-0.05, 0) is 43.4 Å². The van der Waals surface area contributed by atoms with Gasteiger partial charge in [-0.15, -0.1) is 0 Å². The number of hydrogen-bond acceptors (Lipinski definition) is 6. The Morgan fingerprint density at radius 1 is 1.45 bits per heavy atom. The van der Waals surface area contributed by atoms with Crippen molar-refractivity contribution in [3.63, 3.8) is 0 Å². The van der Waals surface area contributed by atoms with Crippen LogP contribution < -0.4 is 0 Å². The van der Waals surface area contributed by atoms with Gasteiger partial charge in [0.1, 0.15) is 5.65 Å². The van der Waals surface area contributed by atoms with E-state index >= 15 is 0 Å². The van der Waals surface area contributed by atoms with Crippen LogP contribution in [-0.4, -0.2) is 62.3 Å². The monoisotopic (exact) mass is 399 g/mol. The van der Waals surface area contributed by atoms with Gasteiger partial charge >= 0.3 is 5.97 Å². The summed E-state index contributed by atoms with van der Waals surface area (Å²) in [6, 6.07) is 3.68. The number of fused-ring (bicyclic) bond motifs is 1. The second-order valence-corrected chi connectivity index (χ2v) is 7.70. The largest absolute Gasteiger partial charge is 0.481 e. The van der Waals surface area contributed by atoms with E-state index in [2.05, 4.69) is 9.97 Å². The third-order valence-electron chi connectivity index (χ3n) is 6.17. The molecule has 4 rings (SSSR count). The van der Waals surface area contributed by atoms with Crippen LogP contribution in [0.1, 0.15) is 31.7 Å². The minimum Gasteiger partial charge on any atom is -0.481 e. The highest BCUT2D eigenvalue weighted by molar-refractivity contribution is 6.12. The summed E-state index contributed by atoms with van der Waals surface area (Å²) in [5, 5.41) is 20.1. The number of ether oxygens (including phenoxy) is 1. The van der Waals surface area contributed by atoms with E-state index in [0.717, 1.165) is 23.8 Å². The van der Waals surface area contributed by atoms with Crippen LogP contribution >= 0.6 is 0 Å². The Hall–Kier alpha value is -2.71. The molecular formula is C21H25N3O5. The predicted octanol–water partition coefficient (Wildman–Crippen LogP) is 2.01. The van der Waals surface area contributed by atoms with Crippen LogP contribution in [0.2, 0.25) is 0 Å². The number of nitrogens with one attached hydrogen (secondary N) is 1. The molecule has 4 heterocycles. The highest BCUT2D eigenvalue weighted by Crippen LogP contribution is 2.43. The molecule has 2 atom stereocenters. The van der Waals surface area contributed by atoms with Crippen LogP contribution in [0.4, 0.5) is 0 Å². The molecule has 2 aliphatic rings. The van der Waals surface area contributed by atoms with Gasteiger partial charge < -0.3 is 19.9 Å². The molecule has 2 fully saturated rings. The number of pyridine rings is 1. The van der Waals surface area contributed by atoms with Crippen molar-refractivity contribution in [1.29, 1.82) is 0 Å². The third kappa shape index (κ3) is 3.22. The summed E-state index contributed by atoms with van der Waals surface area (Å²) < 4.78 is 6.17. The first kappa shape index (κ1) is 19.6. The number of aromatic amines is 1. The summed E-state index contributed by atoms with van der Waals surface area (Å²) >= 11 is 0. The normalized spacial score (nSPS) is 27.6. The molecule has 0 aliphatic carbocycles. The Bertz CT molecular complexity index is 960. The zero-order chi connectivity index (χ0) is 20.6. The van der Waals surface area contributed by atoms with E-state index in [4.69, 9.17) is 4.74 Å². The number of carboxylic acids is 1. The molecule has 3 N–H and O–H groups in total. The second kappa shape index (κ2) is 7.61. The van der Waals surface area contributed by atoms with Crippen molar-refractivity contribution in [2.24, 2.45) is 11.8 Å². The lowest BCUT2D eigenvalue weighted by atomic mass is 9.86. The van der Waals surface area contributed by atoms with Crippen LogP contribution in [0.3, 0.4) is 0 Å². The molecule has 0 bridgehead atoms. The lowest BCUT2D eigenvalue weighted by Gasteiger charge is -2.44. The van der Waals surface area contributed by atoms with Gasteiger partial charge in [-0.3, -0.25) is 14.5 Å². The molecule has 0 spiro atoms. The van der Waals surface area contributed by atoms with Crippen LogP contribution in [0.15, 0.2) is 30.3 Å². The average molecular weight is 399 g/mol. The third-order valence-corrected chi connectivity index (χ3v) is 6.17. The number of aliphatic carboxylic acids is 1. The number of likely N-dealkylation sites (tertiary alicyclic amines) is 1. The number of hydrogen-bond donors (Lipinski definition) is 3. The van der Waals surface area contributed by atoms with E-state index in [-0.39, 0.29) is 18.3 Å². The SMILES string of the molecule is CCC1(N2CCC(CO)CC2)OC(=Cc2c[nH]c3ncccc23)C(=O)C1C(=O)O. The number of H-pyrrole nitrogens is 1.